The largest absolute Gasteiger partial charge is 0.393 e. The van der Waals surface area contributed by atoms with E-state index in [9.17, 15) is 0 Å². The highest BCUT2D eigenvalue weighted by molar-refractivity contribution is 8.03. The number of nitrogens with two attached hydrogens (primary N) is 1. The maximum atomic E-state index is 9.12. The molecule has 2 aliphatic rings. The molecule has 1 heterocycles. The highest BCUT2D eigenvalue weighted by atomic mass is 32.2. The van der Waals surface area contributed by atoms with Crippen molar-refractivity contribution in [2.75, 3.05) is 0 Å². The maximum absolute atomic E-state index is 9.12. The van der Waals surface area contributed by atoms with E-state index in [1.807, 2.05) is 0 Å². The first-order valence-corrected chi connectivity index (χ1v) is 6.33. The first-order chi connectivity index (χ1) is 7.81. The number of benzene rings is 1. The number of thioether (sulfide) groups is 1. The van der Waals surface area contributed by atoms with E-state index in [-0.39, 0.29) is 0 Å². The highest BCUT2D eigenvalue weighted by Gasteiger charge is 2.39. The van der Waals surface area contributed by atoms with Gasteiger partial charge in [0.1, 0.15) is 0 Å². The molecule has 3 heteroatoms. The SMILES string of the molecule is N#CC1=C(N)S[C@@H]2c3ccccc3CC[C@H]12. The van der Waals surface area contributed by atoms with Crippen LogP contribution in [-0.2, 0) is 6.42 Å². The van der Waals surface area contributed by atoms with Crippen molar-refractivity contribution in [3.63, 3.8) is 0 Å². The molecule has 1 aliphatic heterocycles. The standard InChI is InChI=1S/C13H12N2S/c14-7-11-10-6-5-8-3-1-2-4-9(8)12(10)16-13(11)15/h1-4,10,12H,5-6,15H2/t10-,12-/m1/s1. The number of rotatable bonds is 0. The molecule has 1 aromatic carbocycles. The molecule has 3 rings (SSSR count). The third-order valence-electron chi connectivity index (χ3n) is 3.46. The van der Waals surface area contributed by atoms with Crippen LogP contribution in [0, 0.1) is 17.2 Å². The zero-order chi connectivity index (χ0) is 11.1. The summed E-state index contributed by atoms with van der Waals surface area (Å²) in [5.74, 6) is 0.338. The van der Waals surface area contributed by atoms with Crippen molar-refractivity contribution in [3.05, 3.63) is 46.0 Å². The van der Waals surface area contributed by atoms with E-state index in [2.05, 4.69) is 30.3 Å². The predicted octanol–water partition coefficient (Wildman–Crippen LogP) is 2.73. The Hall–Kier alpha value is -1.40. The van der Waals surface area contributed by atoms with E-state index < -0.39 is 0 Å². The van der Waals surface area contributed by atoms with E-state index in [1.54, 1.807) is 11.8 Å². The van der Waals surface area contributed by atoms with E-state index in [4.69, 9.17) is 11.0 Å². The zero-order valence-corrected chi connectivity index (χ0v) is 9.63. The van der Waals surface area contributed by atoms with Gasteiger partial charge in [0.15, 0.2) is 0 Å². The van der Waals surface area contributed by atoms with Crippen LogP contribution in [0.2, 0.25) is 0 Å². The quantitative estimate of drug-likeness (QED) is 0.742. The van der Waals surface area contributed by atoms with Crippen molar-refractivity contribution in [2.45, 2.75) is 18.1 Å². The molecule has 0 fully saturated rings. The predicted molar refractivity (Wildman–Crippen MR) is 65.4 cm³/mol. The molecule has 2 nitrogen and oxygen atoms in total. The minimum atomic E-state index is 0.338. The molecule has 1 aromatic rings. The first-order valence-electron chi connectivity index (χ1n) is 5.45. The van der Waals surface area contributed by atoms with Gasteiger partial charge in [-0.05, 0) is 24.0 Å². The van der Waals surface area contributed by atoms with Crippen LogP contribution in [-0.4, -0.2) is 0 Å². The molecule has 0 unspecified atom stereocenters. The molecule has 0 aromatic heterocycles. The van der Waals surface area contributed by atoms with E-state index in [0.29, 0.717) is 11.2 Å². The Labute approximate surface area is 99.1 Å². The van der Waals surface area contributed by atoms with E-state index in [1.165, 1.54) is 11.1 Å². The Balaban J connectivity index is 2.05. The third kappa shape index (κ3) is 1.27. The second kappa shape index (κ2) is 3.57. The van der Waals surface area contributed by atoms with Gasteiger partial charge >= 0.3 is 0 Å². The number of aryl methyl sites for hydroxylation is 1. The molecular weight excluding hydrogens is 216 g/mol. The molecule has 2 atom stereocenters. The molecule has 0 saturated heterocycles. The van der Waals surface area contributed by atoms with Crippen molar-refractivity contribution in [3.8, 4) is 6.07 Å². The van der Waals surface area contributed by atoms with Crippen molar-refractivity contribution in [1.82, 2.24) is 0 Å². The average molecular weight is 228 g/mol. The number of hydrogen-bond donors (Lipinski definition) is 1. The number of hydrogen-bond acceptors (Lipinski definition) is 3. The summed E-state index contributed by atoms with van der Waals surface area (Å²) in [6, 6.07) is 10.8. The lowest BCUT2D eigenvalue weighted by atomic mass is 9.80. The molecule has 0 radical (unpaired) electrons. The third-order valence-corrected chi connectivity index (χ3v) is 4.77. The van der Waals surface area contributed by atoms with Gasteiger partial charge in [0, 0.05) is 11.2 Å². The normalized spacial score (nSPS) is 27.2. The molecular formula is C13H12N2S. The topological polar surface area (TPSA) is 49.8 Å². The Bertz CT molecular complexity index is 513. The fourth-order valence-corrected chi connectivity index (χ4v) is 4.07. The summed E-state index contributed by atoms with van der Waals surface area (Å²) in [5.41, 5.74) is 9.53. The van der Waals surface area contributed by atoms with Crippen molar-refractivity contribution < 1.29 is 0 Å². The van der Waals surface area contributed by atoms with E-state index in [0.717, 1.165) is 23.4 Å². The molecule has 0 amide bonds. The van der Waals surface area contributed by atoms with Crippen LogP contribution in [0.5, 0.6) is 0 Å². The lowest BCUT2D eigenvalue weighted by molar-refractivity contribution is 0.534. The van der Waals surface area contributed by atoms with Gasteiger partial charge in [0.25, 0.3) is 0 Å². The van der Waals surface area contributed by atoms with Crippen molar-refractivity contribution in [1.29, 1.82) is 5.26 Å². The Morgan fingerprint density at radius 3 is 3.00 bits per heavy atom. The van der Waals surface area contributed by atoms with Crippen LogP contribution in [0.4, 0.5) is 0 Å². The molecule has 2 N–H and O–H groups in total. The van der Waals surface area contributed by atoms with Crippen LogP contribution in [0.3, 0.4) is 0 Å². The van der Waals surface area contributed by atoms with Crippen LogP contribution in [0.25, 0.3) is 0 Å². The molecule has 0 bridgehead atoms. The number of allylic oxidation sites excluding steroid dienone is 1. The number of nitrogens with zero attached hydrogens (tertiary/aromatic N) is 1. The van der Waals surface area contributed by atoms with Gasteiger partial charge in [-0.15, -0.1) is 0 Å². The van der Waals surface area contributed by atoms with Crippen LogP contribution < -0.4 is 5.73 Å². The molecule has 80 valence electrons. The second-order valence-corrected chi connectivity index (χ2v) is 5.46. The van der Waals surface area contributed by atoms with Crippen LogP contribution in [0.1, 0.15) is 22.8 Å². The van der Waals surface area contributed by atoms with Gasteiger partial charge in [-0.2, -0.15) is 5.26 Å². The summed E-state index contributed by atoms with van der Waals surface area (Å²) in [5, 5.41) is 10.2. The fraction of sp³-hybridized carbons (Fsp3) is 0.308. The van der Waals surface area contributed by atoms with Gasteiger partial charge < -0.3 is 5.73 Å². The maximum Gasteiger partial charge on any atom is 0.0978 e. The summed E-state index contributed by atoms with van der Waals surface area (Å²) < 4.78 is 0. The minimum Gasteiger partial charge on any atom is -0.393 e. The summed E-state index contributed by atoms with van der Waals surface area (Å²) in [4.78, 5) is 0. The highest BCUT2D eigenvalue weighted by Crippen LogP contribution is 2.54. The molecule has 16 heavy (non-hydrogen) atoms. The lowest BCUT2D eigenvalue weighted by Gasteiger charge is -2.27. The first kappa shape index (κ1) is 9.80. The Morgan fingerprint density at radius 2 is 2.19 bits per heavy atom. The van der Waals surface area contributed by atoms with Crippen molar-refractivity contribution in [2.24, 2.45) is 11.7 Å². The van der Waals surface area contributed by atoms with Gasteiger partial charge in [-0.3, -0.25) is 0 Å². The van der Waals surface area contributed by atoms with Gasteiger partial charge in [0.05, 0.1) is 16.7 Å². The molecule has 0 saturated carbocycles. The monoisotopic (exact) mass is 228 g/mol. The number of fused-ring (bicyclic) bond motifs is 3. The summed E-state index contributed by atoms with van der Waals surface area (Å²) in [6.45, 7) is 0. The molecule has 1 aliphatic carbocycles. The zero-order valence-electron chi connectivity index (χ0n) is 8.81. The average Bonchev–Trinajstić information content (AvgIpc) is 2.65. The Kier molecular flexibility index (Phi) is 2.19. The summed E-state index contributed by atoms with van der Waals surface area (Å²) >= 11 is 1.66. The number of nitriles is 1. The minimum absolute atomic E-state index is 0.338. The smallest absolute Gasteiger partial charge is 0.0978 e. The molecule has 0 spiro atoms. The summed E-state index contributed by atoms with van der Waals surface area (Å²) in [6.07, 6.45) is 2.12. The fourth-order valence-electron chi connectivity index (χ4n) is 2.68. The van der Waals surface area contributed by atoms with E-state index >= 15 is 0 Å². The second-order valence-electron chi connectivity index (χ2n) is 4.27. The van der Waals surface area contributed by atoms with Gasteiger partial charge in [-0.1, -0.05) is 36.0 Å². The van der Waals surface area contributed by atoms with Crippen LogP contribution in [0.15, 0.2) is 34.9 Å². The Morgan fingerprint density at radius 1 is 1.38 bits per heavy atom. The summed E-state index contributed by atoms with van der Waals surface area (Å²) in [7, 11) is 0. The van der Waals surface area contributed by atoms with Gasteiger partial charge in [-0.25, -0.2) is 0 Å². The van der Waals surface area contributed by atoms with Crippen molar-refractivity contribution >= 4 is 11.8 Å². The van der Waals surface area contributed by atoms with Gasteiger partial charge in [0.2, 0.25) is 0 Å². The lowest BCUT2D eigenvalue weighted by Crippen LogP contribution is -2.16. The van der Waals surface area contributed by atoms with Crippen LogP contribution >= 0.6 is 11.8 Å².